The molecule has 5 atom stereocenters. The van der Waals surface area contributed by atoms with Crippen molar-refractivity contribution < 1.29 is 23.8 Å². The molecule has 28 heavy (non-hydrogen) atoms. The number of aliphatic hydroxyl groups excluding tert-OH is 1. The van der Waals surface area contributed by atoms with Crippen molar-refractivity contribution in [2.45, 2.75) is 37.4 Å². The van der Waals surface area contributed by atoms with E-state index in [0.29, 0.717) is 0 Å². The van der Waals surface area contributed by atoms with Gasteiger partial charge in [0.2, 0.25) is 5.96 Å². The lowest BCUT2D eigenvalue weighted by atomic mass is 9.83. The summed E-state index contributed by atoms with van der Waals surface area (Å²) in [5.74, 6) is -2.29. The number of rotatable bonds is 4. The van der Waals surface area contributed by atoms with Crippen molar-refractivity contribution in [1.82, 2.24) is 9.96 Å². The molecule has 3 heterocycles. The molecule has 0 radical (unpaired) electrons. The summed E-state index contributed by atoms with van der Waals surface area (Å²) in [7, 11) is 0. The smallest absolute Gasteiger partial charge is 0.218 e. The van der Waals surface area contributed by atoms with Crippen molar-refractivity contribution in [2.24, 2.45) is 27.4 Å². The maximum atomic E-state index is 13.9. The van der Waals surface area contributed by atoms with Gasteiger partial charge in [-0.1, -0.05) is 19.1 Å². The first-order valence-electron chi connectivity index (χ1n) is 8.91. The van der Waals surface area contributed by atoms with Crippen LogP contribution >= 0.6 is 0 Å². The summed E-state index contributed by atoms with van der Waals surface area (Å²) in [5, 5.41) is 21.3. The van der Waals surface area contributed by atoms with Crippen LogP contribution in [0.1, 0.15) is 12.5 Å². The number of hydroxylamine groups is 2. The minimum absolute atomic E-state index is 0.0871. The molecule has 0 aliphatic carbocycles. The topological polar surface area (TPSA) is 133 Å². The molecule has 1 fully saturated rings. The van der Waals surface area contributed by atoms with Crippen LogP contribution in [0.4, 0.5) is 8.78 Å². The molecule has 0 bridgehead atoms. The molecule has 152 valence electrons. The van der Waals surface area contributed by atoms with Crippen LogP contribution in [-0.2, 0) is 11.3 Å². The van der Waals surface area contributed by atoms with Gasteiger partial charge < -0.3 is 26.2 Å². The van der Waals surface area contributed by atoms with Gasteiger partial charge in [-0.15, -0.1) is 0 Å². The van der Waals surface area contributed by atoms with Gasteiger partial charge in [-0.2, -0.15) is 5.06 Å². The second-order valence-electron chi connectivity index (χ2n) is 7.23. The first-order chi connectivity index (χ1) is 13.3. The average molecular weight is 396 g/mol. The number of benzene rings is 1. The van der Waals surface area contributed by atoms with Gasteiger partial charge in [0, 0.05) is 18.0 Å². The number of guanidine groups is 2. The molecule has 3 aliphatic heterocycles. The van der Waals surface area contributed by atoms with E-state index in [-0.39, 0.29) is 37.2 Å². The number of aliphatic imine (C=N–C) groups is 2. The Morgan fingerprint density at radius 1 is 1.29 bits per heavy atom. The summed E-state index contributed by atoms with van der Waals surface area (Å²) >= 11 is 0. The van der Waals surface area contributed by atoms with Gasteiger partial charge in [-0.3, -0.25) is 5.21 Å². The van der Waals surface area contributed by atoms with E-state index in [9.17, 15) is 19.1 Å². The number of hydrogen-bond acceptors (Lipinski definition) is 9. The fourth-order valence-electron chi connectivity index (χ4n) is 4.49. The van der Waals surface area contributed by atoms with Gasteiger partial charge in [-0.05, 0) is 6.07 Å². The Morgan fingerprint density at radius 2 is 2.04 bits per heavy atom. The minimum Gasteiger partial charge on any atom is -0.394 e. The highest BCUT2D eigenvalue weighted by Gasteiger charge is 2.68. The second kappa shape index (κ2) is 6.54. The molecule has 1 aromatic rings. The van der Waals surface area contributed by atoms with Gasteiger partial charge in [0.25, 0.3) is 0 Å². The van der Waals surface area contributed by atoms with Crippen LogP contribution in [0, 0.1) is 17.6 Å². The maximum Gasteiger partial charge on any atom is 0.218 e. The molecule has 11 heteroatoms. The van der Waals surface area contributed by atoms with Gasteiger partial charge in [0.05, 0.1) is 19.3 Å². The molecular weight excluding hydrogens is 374 g/mol. The minimum atomic E-state index is -1.17. The van der Waals surface area contributed by atoms with E-state index in [1.165, 1.54) is 12.1 Å². The van der Waals surface area contributed by atoms with Crippen LogP contribution in [-0.4, -0.2) is 69.2 Å². The van der Waals surface area contributed by atoms with Gasteiger partial charge in [-0.25, -0.2) is 18.8 Å². The lowest BCUT2D eigenvalue weighted by Gasteiger charge is -2.49. The van der Waals surface area contributed by atoms with E-state index in [0.717, 1.165) is 11.1 Å². The Morgan fingerprint density at radius 3 is 2.75 bits per heavy atom. The Balaban J connectivity index is 1.63. The highest BCUT2D eigenvalue weighted by molar-refractivity contribution is 5.86. The Labute approximate surface area is 159 Å². The number of ether oxygens (including phenoxy) is 1. The lowest BCUT2D eigenvalue weighted by molar-refractivity contribution is -0.172. The first-order valence-corrected chi connectivity index (χ1v) is 8.91. The van der Waals surface area contributed by atoms with Crippen molar-refractivity contribution in [1.29, 1.82) is 0 Å². The zero-order valence-electron chi connectivity index (χ0n) is 15.2. The van der Waals surface area contributed by atoms with Gasteiger partial charge >= 0.3 is 0 Å². The van der Waals surface area contributed by atoms with E-state index in [1.54, 1.807) is 4.90 Å². The van der Waals surface area contributed by atoms with Crippen molar-refractivity contribution in [3.8, 4) is 0 Å². The highest BCUT2D eigenvalue weighted by atomic mass is 19.2. The van der Waals surface area contributed by atoms with Crippen molar-refractivity contribution in [3.63, 3.8) is 0 Å². The average Bonchev–Trinajstić information content (AvgIpc) is 3.12. The Kier molecular flexibility index (Phi) is 4.40. The summed E-state index contributed by atoms with van der Waals surface area (Å²) in [6.07, 6.45) is -0.507. The van der Waals surface area contributed by atoms with E-state index in [2.05, 4.69) is 9.98 Å². The number of hydrogen-bond donors (Lipinski definition) is 4. The van der Waals surface area contributed by atoms with Crippen LogP contribution < -0.4 is 11.5 Å². The lowest BCUT2D eigenvalue weighted by Crippen LogP contribution is -2.71. The van der Waals surface area contributed by atoms with E-state index in [1.807, 2.05) is 6.92 Å². The molecule has 1 spiro atoms. The van der Waals surface area contributed by atoms with Crippen molar-refractivity contribution in [3.05, 3.63) is 35.4 Å². The summed E-state index contributed by atoms with van der Waals surface area (Å²) < 4.78 is 33.3. The molecule has 0 aromatic heterocycles. The summed E-state index contributed by atoms with van der Waals surface area (Å²) in [6, 6.07) is 2.55. The highest BCUT2D eigenvalue weighted by Crippen LogP contribution is 2.48. The molecule has 3 aliphatic rings. The number of aliphatic hydroxyl groups is 1. The van der Waals surface area contributed by atoms with Crippen LogP contribution in [0.25, 0.3) is 0 Å². The normalized spacial score (nSPS) is 34.2. The van der Waals surface area contributed by atoms with E-state index in [4.69, 9.17) is 16.2 Å². The fraction of sp³-hybridized carbons (Fsp3) is 0.529. The predicted octanol–water partition coefficient (Wildman–Crippen LogP) is -0.425. The van der Waals surface area contributed by atoms with Gasteiger partial charge in [0.1, 0.15) is 12.1 Å². The molecule has 6 N–H and O–H groups in total. The zero-order valence-corrected chi connectivity index (χ0v) is 15.2. The molecular formula is C17H22F2N6O3. The molecule has 0 amide bonds. The third-order valence-electron chi connectivity index (χ3n) is 5.90. The monoisotopic (exact) mass is 396 g/mol. The summed E-state index contributed by atoms with van der Waals surface area (Å²) in [4.78, 5) is 10.2. The Bertz CT molecular complexity index is 852. The molecule has 1 aromatic carbocycles. The molecule has 0 saturated carbocycles. The van der Waals surface area contributed by atoms with Gasteiger partial charge in [0.15, 0.2) is 23.3 Å². The van der Waals surface area contributed by atoms with Crippen LogP contribution in [0.15, 0.2) is 28.2 Å². The van der Waals surface area contributed by atoms with Crippen LogP contribution in [0.5, 0.6) is 0 Å². The van der Waals surface area contributed by atoms with Crippen molar-refractivity contribution >= 4 is 11.9 Å². The largest absolute Gasteiger partial charge is 0.394 e. The second-order valence-corrected chi connectivity index (χ2v) is 7.23. The maximum absolute atomic E-state index is 13.9. The van der Waals surface area contributed by atoms with Crippen LogP contribution in [0.2, 0.25) is 0 Å². The third-order valence-corrected chi connectivity index (χ3v) is 5.90. The quantitative estimate of drug-likeness (QED) is 0.543. The fourth-order valence-corrected chi connectivity index (χ4v) is 4.49. The third kappa shape index (κ3) is 2.39. The standard InChI is InChI=1S/C17H22F2N6O3/c1-8-12(28-7-9-3-2-4-10(18)13(9)19)5-24-15(20)22-11(6-26)14-17(8,24)25(27)16(21)23-14/h2-4,8,11-12,14,26-27H,5-7H2,1H3,(H2,20,22)(H2,21,23). The number of nitrogens with two attached hydrogens (primary N) is 2. The number of halogens is 2. The SMILES string of the molecule is CC1C(OCc2cccc(F)c2F)CN2C(N)=NC(CO)C3N=C(N)N(O)C132. The van der Waals surface area contributed by atoms with Crippen LogP contribution in [0.3, 0.4) is 0 Å². The molecule has 4 rings (SSSR count). The summed E-state index contributed by atoms with van der Waals surface area (Å²) in [6.45, 7) is 1.58. The predicted molar refractivity (Wildman–Crippen MR) is 95.1 cm³/mol. The first kappa shape index (κ1) is 18.8. The zero-order chi connectivity index (χ0) is 20.2. The van der Waals surface area contributed by atoms with Crippen molar-refractivity contribution in [2.75, 3.05) is 13.2 Å². The molecule has 5 unspecified atom stereocenters. The van der Waals surface area contributed by atoms with E-state index >= 15 is 0 Å². The van der Waals surface area contributed by atoms with E-state index < -0.39 is 41.4 Å². The summed E-state index contributed by atoms with van der Waals surface area (Å²) in [5.41, 5.74) is 10.9. The molecule has 1 saturated heterocycles. The molecule has 9 nitrogen and oxygen atoms in total. The number of nitrogens with zero attached hydrogens (tertiary/aromatic N) is 4. The Hall–Kier alpha value is -2.50.